The van der Waals surface area contributed by atoms with Gasteiger partial charge in [-0.15, -0.1) is 0 Å². The molecule has 1 nitrogen and oxygen atoms in total. The third kappa shape index (κ3) is 2.44. The molecule has 1 rings (SSSR count). The summed E-state index contributed by atoms with van der Waals surface area (Å²) in [4.78, 5) is 2.17. The van der Waals surface area contributed by atoms with E-state index in [1.165, 1.54) is 6.07 Å². The van der Waals surface area contributed by atoms with E-state index >= 15 is 0 Å². The number of rotatable bonds is 3. The van der Waals surface area contributed by atoms with Gasteiger partial charge >= 0.3 is 0 Å². The van der Waals surface area contributed by atoms with Gasteiger partial charge in [0.1, 0.15) is 5.82 Å². The second-order valence-electron chi connectivity index (χ2n) is 2.77. The van der Waals surface area contributed by atoms with E-state index in [4.69, 9.17) is 0 Å². The second-order valence-corrected chi connectivity index (χ2v) is 3.63. The number of hydrogen-bond donors (Lipinski definition) is 0. The molecule has 0 heterocycles. The van der Waals surface area contributed by atoms with Gasteiger partial charge in [-0.25, -0.2) is 4.39 Å². The van der Waals surface area contributed by atoms with Crippen LogP contribution in [-0.4, -0.2) is 13.1 Å². The van der Waals surface area contributed by atoms with Gasteiger partial charge in [0.2, 0.25) is 0 Å². The van der Waals surface area contributed by atoms with E-state index in [0.717, 1.165) is 18.8 Å². The Kier molecular flexibility index (Phi) is 3.72. The topological polar surface area (TPSA) is 3.24 Å². The molecule has 0 bridgehead atoms. The lowest BCUT2D eigenvalue weighted by atomic mass is 10.3. The third-order valence-electron chi connectivity index (χ3n) is 2.03. The first kappa shape index (κ1) is 10.5. The average molecular weight is 246 g/mol. The molecule has 0 spiro atoms. The monoisotopic (exact) mass is 245 g/mol. The fraction of sp³-hybridized carbons (Fsp3) is 0.400. The summed E-state index contributed by atoms with van der Waals surface area (Å²) >= 11 is 3.17. The Hall–Kier alpha value is -0.570. The zero-order chi connectivity index (χ0) is 9.84. The summed E-state index contributed by atoms with van der Waals surface area (Å²) in [6.45, 7) is 6.05. The first-order valence-corrected chi connectivity index (χ1v) is 5.18. The normalized spacial score (nSPS) is 10.2. The maximum atomic E-state index is 12.9. The fourth-order valence-corrected chi connectivity index (χ4v) is 1.64. The average Bonchev–Trinajstić information content (AvgIpc) is 2.13. The summed E-state index contributed by atoms with van der Waals surface area (Å²) in [5.41, 5.74) is 1.05. The van der Waals surface area contributed by atoms with Crippen molar-refractivity contribution in [3.8, 4) is 0 Å². The lowest BCUT2D eigenvalue weighted by Crippen LogP contribution is -2.21. The fourth-order valence-electron chi connectivity index (χ4n) is 1.27. The van der Waals surface area contributed by atoms with Crippen molar-refractivity contribution in [2.45, 2.75) is 13.8 Å². The highest BCUT2D eigenvalue weighted by Crippen LogP contribution is 2.22. The van der Waals surface area contributed by atoms with Crippen LogP contribution in [0.3, 0.4) is 0 Å². The number of nitrogens with zero attached hydrogens (tertiary/aromatic N) is 1. The Balaban J connectivity index is 2.95. The number of anilines is 1. The van der Waals surface area contributed by atoms with Crippen LogP contribution in [0.15, 0.2) is 22.7 Å². The van der Waals surface area contributed by atoms with Gasteiger partial charge in [0.15, 0.2) is 0 Å². The largest absolute Gasteiger partial charge is 0.372 e. The van der Waals surface area contributed by atoms with E-state index in [0.29, 0.717) is 4.47 Å². The molecule has 0 aliphatic carbocycles. The van der Waals surface area contributed by atoms with E-state index < -0.39 is 0 Å². The molecule has 0 aliphatic rings. The molecular formula is C10H13BrFN. The standard InChI is InChI=1S/C10H13BrFN/c1-3-13(4-2)8-5-6-10(12)9(11)7-8/h5-7H,3-4H2,1-2H3. The molecule has 1 aromatic rings. The van der Waals surface area contributed by atoms with Crippen LogP contribution in [0.2, 0.25) is 0 Å². The van der Waals surface area contributed by atoms with E-state index in [1.807, 2.05) is 6.07 Å². The zero-order valence-corrected chi connectivity index (χ0v) is 9.44. The minimum Gasteiger partial charge on any atom is -0.372 e. The molecule has 0 saturated heterocycles. The maximum absolute atomic E-state index is 12.9. The SMILES string of the molecule is CCN(CC)c1ccc(F)c(Br)c1. The molecule has 0 aromatic heterocycles. The first-order valence-electron chi connectivity index (χ1n) is 4.39. The Labute approximate surface area is 86.7 Å². The van der Waals surface area contributed by atoms with Gasteiger partial charge in [-0.2, -0.15) is 0 Å². The predicted octanol–water partition coefficient (Wildman–Crippen LogP) is 3.43. The van der Waals surface area contributed by atoms with Crippen molar-refractivity contribution in [1.82, 2.24) is 0 Å². The van der Waals surface area contributed by atoms with E-state index in [9.17, 15) is 4.39 Å². The van der Waals surface area contributed by atoms with Crippen molar-refractivity contribution < 1.29 is 4.39 Å². The lowest BCUT2D eigenvalue weighted by Gasteiger charge is -2.21. The zero-order valence-electron chi connectivity index (χ0n) is 7.85. The highest BCUT2D eigenvalue weighted by atomic mass is 79.9. The van der Waals surface area contributed by atoms with Gasteiger partial charge in [-0.3, -0.25) is 0 Å². The first-order chi connectivity index (χ1) is 6.19. The highest BCUT2D eigenvalue weighted by molar-refractivity contribution is 9.10. The molecule has 0 N–H and O–H groups in total. The molecule has 0 saturated carbocycles. The molecule has 0 aliphatic heterocycles. The molecular weight excluding hydrogens is 233 g/mol. The van der Waals surface area contributed by atoms with Crippen LogP contribution in [0, 0.1) is 5.82 Å². The molecule has 0 atom stereocenters. The molecule has 1 aromatic carbocycles. The van der Waals surface area contributed by atoms with Crippen LogP contribution in [-0.2, 0) is 0 Å². The van der Waals surface area contributed by atoms with E-state index in [-0.39, 0.29) is 5.82 Å². The van der Waals surface area contributed by atoms with Gasteiger partial charge < -0.3 is 4.90 Å². The van der Waals surface area contributed by atoms with Crippen molar-refractivity contribution in [1.29, 1.82) is 0 Å². The molecule has 0 amide bonds. The molecule has 72 valence electrons. The number of halogens is 2. The number of hydrogen-bond acceptors (Lipinski definition) is 1. The quantitative estimate of drug-likeness (QED) is 0.789. The maximum Gasteiger partial charge on any atom is 0.137 e. The Bertz CT molecular complexity index is 284. The van der Waals surface area contributed by atoms with Gasteiger partial charge in [0, 0.05) is 18.8 Å². The summed E-state index contributed by atoms with van der Waals surface area (Å²) in [5.74, 6) is -0.212. The van der Waals surface area contributed by atoms with Gasteiger partial charge in [-0.05, 0) is 48.0 Å². The predicted molar refractivity (Wildman–Crippen MR) is 57.7 cm³/mol. The van der Waals surface area contributed by atoms with Crippen LogP contribution in [0.4, 0.5) is 10.1 Å². The Morgan fingerprint density at radius 2 is 1.92 bits per heavy atom. The van der Waals surface area contributed by atoms with Crippen molar-refractivity contribution in [2.75, 3.05) is 18.0 Å². The van der Waals surface area contributed by atoms with Gasteiger partial charge in [-0.1, -0.05) is 0 Å². The molecule has 0 fully saturated rings. The van der Waals surface area contributed by atoms with Crippen molar-refractivity contribution in [2.24, 2.45) is 0 Å². The molecule has 0 unspecified atom stereocenters. The molecule has 3 heteroatoms. The summed E-state index contributed by atoms with van der Waals surface area (Å²) in [6.07, 6.45) is 0. The van der Waals surface area contributed by atoms with Crippen molar-refractivity contribution in [3.63, 3.8) is 0 Å². The summed E-state index contributed by atoms with van der Waals surface area (Å²) < 4.78 is 13.4. The molecule has 0 radical (unpaired) electrons. The number of benzene rings is 1. The van der Waals surface area contributed by atoms with Crippen LogP contribution in [0.1, 0.15) is 13.8 Å². The summed E-state index contributed by atoms with van der Waals surface area (Å²) in [5, 5.41) is 0. The third-order valence-corrected chi connectivity index (χ3v) is 2.64. The minimum atomic E-state index is -0.212. The Morgan fingerprint density at radius 1 is 1.31 bits per heavy atom. The highest BCUT2D eigenvalue weighted by Gasteiger charge is 2.04. The van der Waals surface area contributed by atoms with E-state index in [1.54, 1.807) is 6.07 Å². The van der Waals surface area contributed by atoms with Crippen LogP contribution >= 0.6 is 15.9 Å². The summed E-state index contributed by atoms with van der Waals surface area (Å²) in [7, 11) is 0. The second kappa shape index (κ2) is 4.61. The molecule has 13 heavy (non-hydrogen) atoms. The van der Waals surface area contributed by atoms with Crippen LogP contribution in [0.25, 0.3) is 0 Å². The van der Waals surface area contributed by atoms with Crippen molar-refractivity contribution >= 4 is 21.6 Å². The lowest BCUT2D eigenvalue weighted by molar-refractivity contribution is 0.621. The van der Waals surface area contributed by atoms with Gasteiger partial charge in [0.25, 0.3) is 0 Å². The minimum absolute atomic E-state index is 0.212. The Morgan fingerprint density at radius 3 is 2.38 bits per heavy atom. The summed E-state index contributed by atoms with van der Waals surface area (Å²) in [6, 6.07) is 5.09. The smallest absolute Gasteiger partial charge is 0.137 e. The van der Waals surface area contributed by atoms with Crippen LogP contribution in [0.5, 0.6) is 0 Å². The van der Waals surface area contributed by atoms with Crippen LogP contribution < -0.4 is 4.90 Å². The van der Waals surface area contributed by atoms with E-state index in [2.05, 4.69) is 34.7 Å². The van der Waals surface area contributed by atoms with Gasteiger partial charge in [0.05, 0.1) is 4.47 Å². The van der Waals surface area contributed by atoms with Crippen molar-refractivity contribution in [3.05, 3.63) is 28.5 Å².